The van der Waals surface area contributed by atoms with Crippen LogP contribution in [0.2, 0.25) is 0 Å². The van der Waals surface area contributed by atoms with Crippen LogP contribution in [0.15, 0.2) is 18.2 Å². The zero-order valence-corrected chi connectivity index (χ0v) is 12.6. The molecule has 0 amide bonds. The summed E-state index contributed by atoms with van der Waals surface area (Å²) in [6.07, 6.45) is 4.78. The van der Waals surface area contributed by atoms with Crippen molar-refractivity contribution in [3.8, 4) is 36.0 Å². The molecule has 1 aromatic rings. The minimum absolute atomic E-state index is 0. The average Bonchev–Trinajstić information content (AvgIpc) is 2.33. The highest BCUT2D eigenvalue weighted by atomic mass is 19.1. The maximum absolute atomic E-state index is 13.1. The molecule has 0 nitrogen and oxygen atoms in total. The van der Waals surface area contributed by atoms with Crippen LogP contribution in [0.5, 0.6) is 0 Å². The highest BCUT2D eigenvalue weighted by Gasteiger charge is 2.14. The molecule has 2 heteroatoms. The fourth-order valence-electron chi connectivity index (χ4n) is 1.19. The molecule has 20 heavy (non-hydrogen) atoms. The van der Waals surface area contributed by atoms with E-state index in [1.54, 1.807) is 19.9 Å². The molecular weight excluding hydrogens is 254 g/mol. The molecule has 0 N–H and O–H groups in total. The van der Waals surface area contributed by atoms with E-state index in [4.69, 9.17) is 6.42 Å². The van der Waals surface area contributed by atoms with Gasteiger partial charge in [-0.2, -0.15) is 0 Å². The molecule has 0 fully saturated rings. The van der Waals surface area contributed by atoms with Gasteiger partial charge in [-0.15, -0.1) is 6.42 Å². The van der Waals surface area contributed by atoms with Gasteiger partial charge >= 0.3 is 0 Å². The molecule has 0 saturated heterocycles. The Balaban J connectivity index is 0. The molecular formula is C18H20F2. The standard InChI is InChI=1S/C11H15F.C7H4.FH/c1-8-5-6-9(7-10(8)12)11(2,3)4;1-3-5-7-6-4-2;/h5-7H,1-4H3;1H,2H3;1H. The molecule has 0 radical (unpaired) electrons. The molecule has 0 aliphatic carbocycles. The first-order valence-corrected chi connectivity index (χ1v) is 5.97. The van der Waals surface area contributed by atoms with E-state index in [0.29, 0.717) is 5.56 Å². The Hall–Kier alpha value is -2.24. The summed E-state index contributed by atoms with van der Waals surface area (Å²) < 4.78 is 13.1. The molecule has 0 aromatic heterocycles. The Morgan fingerprint density at radius 1 is 1.10 bits per heavy atom. The first-order valence-electron chi connectivity index (χ1n) is 5.97. The molecule has 0 atom stereocenters. The number of hydrogen-bond acceptors (Lipinski definition) is 0. The van der Waals surface area contributed by atoms with Crippen molar-refractivity contribution in [3.63, 3.8) is 0 Å². The molecule has 0 heterocycles. The van der Waals surface area contributed by atoms with Crippen LogP contribution in [0.25, 0.3) is 0 Å². The fraction of sp³-hybridized carbons (Fsp3) is 0.333. The Bertz CT molecular complexity index is 576. The van der Waals surface area contributed by atoms with Gasteiger partial charge in [0.1, 0.15) is 5.82 Å². The summed E-state index contributed by atoms with van der Waals surface area (Å²) in [6.45, 7) is 9.73. The van der Waals surface area contributed by atoms with Crippen LogP contribution in [0.1, 0.15) is 38.8 Å². The molecule has 0 aliphatic heterocycles. The van der Waals surface area contributed by atoms with Crippen LogP contribution < -0.4 is 0 Å². The summed E-state index contributed by atoms with van der Waals surface area (Å²) in [7, 11) is 0. The summed E-state index contributed by atoms with van der Waals surface area (Å²) in [5, 5.41) is 0. The molecule has 1 aromatic carbocycles. The SMILES string of the molecule is C#CC#CC#CC.Cc1ccc(C(C)(C)C)cc1F.F. The van der Waals surface area contributed by atoms with E-state index in [0.717, 1.165) is 5.56 Å². The third-order valence-corrected chi connectivity index (χ3v) is 2.36. The molecule has 106 valence electrons. The largest absolute Gasteiger partial charge is 0.269 e. The van der Waals surface area contributed by atoms with Crippen molar-refractivity contribution < 1.29 is 9.09 Å². The fourth-order valence-corrected chi connectivity index (χ4v) is 1.19. The van der Waals surface area contributed by atoms with Crippen molar-refractivity contribution in [2.75, 3.05) is 0 Å². The van der Waals surface area contributed by atoms with Gasteiger partial charge in [-0.25, -0.2) is 4.39 Å². The van der Waals surface area contributed by atoms with Gasteiger partial charge in [-0.05, 0) is 60.1 Å². The predicted octanol–water partition coefficient (Wildman–Crippen LogP) is 4.23. The molecule has 0 aliphatic rings. The lowest BCUT2D eigenvalue weighted by molar-refractivity contribution is 0.569. The third kappa shape index (κ3) is 7.97. The monoisotopic (exact) mass is 274 g/mol. The van der Waals surface area contributed by atoms with Crippen molar-refractivity contribution >= 4 is 0 Å². The van der Waals surface area contributed by atoms with Crippen molar-refractivity contribution in [2.45, 2.75) is 40.0 Å². The predicted molar refractivity (Wildman–Crippen MR) is 82.4 cm³/mol. The number of benzene rings is 1. The smallest absolute Gasteiger partial charge is 0.126 e. The maximum atomic E-state index is 13.1. The van der Waals surface area contributed by atoms with Crippen LogP contribution in [0.3, 0.4) is 0 Å². The van der Waals surface area contributed by atoms with E-state index in [9.17, 15) is 4.39 Å². The van der Waals surface area contributed by atoms with E-state index in [-0.39, 0.29) is 15.9 Å². The van der Waals surface area contributed by atoms with Gasteiger partial charge in [0.25, 0.3) is 0 Å². The second-order valence-corrected chi connectivity index (χ2v) is 4.98. The number of aryl methyl sites for hydroxylation is 1. The molecule has 1 rings (SSSR count). The number of hydrogen-bond donors (Lipinski definition) is 0. The quantitative estimate of drug-likeness (QED) is 0.621. The molecule has 0 bridgehead atoms. The first kappa shape index (κ1) is 20.1. The van der Waals surface area contributed by atoms with E-state index in [1.807, 2.05) is 12.1 Å². The Morgan fingerprint density at radius 3 is 2.10 bits per heavy atom. The van der Waals surface area contributed by atoms with Crippen LogP contribution in [-0.2, 0) is 5.41 Å². The molecule has 0 spiro atoms. The number of rotatable bonds is 0. The van der Waals surface area contributed by atoms with Crippen LogP contribution in [-0.4, -0.2) is 0 Å². The summed E-state index contributed by atoms with van der Waals surface area (Å²) >= 11 is 0. The summed E-state index contributed by atoms with van der Waals surface area (Å²) in [5.41, 5.74) is 1.79. The van der Waals surface area contributed by atoms with Gasteiger partial charge < -0.3 is 0 Å². The third-order valence-electron chi connectivity index (χ3n) is 2.36. The Labute approximate surface area is 121 Å². The van der Waals surface area contributed by atoms with Crippen LogP contribution in [0, 0.1) is 48.8 Å². The van der Waals surface area contributed by atoms with Gasteiger partial charge in [0, 0.05) is 0 Å². The first-order chi connectivity index (χ1) is 8.82. The van der Waals surface area contributed by atoms with E-state index >= 15 is 0 Å². The van der Waals surface area contributed by atoms with Gasteiger partial charge in [-0.3, -0.25) is 4.70 Å². The lowest BCUT2D eigenvalue weighted by Crippen LogP contribution is -2.11. The lowest BCUT2D eigenvalue weighted by atomic mass is 9.86. The number of halogens is 2. The van der Waals surface area contributed by atoms with E-state index in [2.05, 4.69) is 50.4 Å². The zero-order valence-electron chi connectivity index (χ0n) is 12.6. The van der Waals surface area contributed by atoms with Gasteiger partial charge in [-0.1, -0.05) is 38.8 Å². The van der Waals surface area contributed by atoms with E-state index in [1.165, 1.54) is 0 Å². The van der Waals surface area contributed by atoms with Crippen LogP contribution in [0.4, 0.5) is 9.09 Å². The normalized spacial score (nSPS) is 8.25. The minimum atomic E-state index is -0.109. The highest BCUT2D eigenvalue weighted by molar-refractivity contribution is 5.33. The van der Waals surface area contributed by atoms with Gasteiger partial charge in [0.15, 0.2) is 0 Å². The van der Waals surface area contributed by atoms with Gasteiger partial charge in [0.05, 0.1) is 0 Å². The maximum Gasteiger partial charge on any atom is 0.126 e. The van der Waals surface area contributed by atoms with Crippen molar-refractivity contribution in [1.29, 1.82) is 0 Å². The Morgan fingerprint density at radius 2 is 1.70 bits per heavy atom. The van der Waals surface area contributed by atoms with Crippen molar-refractivity contribution in [3.05, 3.63) is 35.1 Å². The van der Waals surface area contributed by atoms with Gasteiger partial charge in [0.2, 0.25) is 0 Å². The Kier molecular flexibility index (Phi) is 9.70. The zero-order chi connectivity index (χ0) is 14.9. The summed E-state index contributed by atoms with van der Waals surface area (Å²) in [6, 6.07) is 5.43. The highest BCUT2D eigenvalue weighted by Crippen LogP contribution is 2.23. The molecule has 0 saturated carbocycles. The molecule has 0 unspecified atom stereocenters. The summed E-state index contributed by atoms with van der Waals surface area (Å²) in [5.74, 6) is 11.9. The van der Waals surface area contributed by atoms with E-state index < -0.39 is 0 Å². The second-order valence-electron chi connectivity index (χ2n) is 4.98. The number of terminal acetylenes is 1. The minimum Gasteiger partial charge on any atom is -0.269 e. The lowest BCUT2D eigenvalue weighted by Gasteiger charge is -2.19. The van der Waals surface area contributed by atoms with Crippen molar-refractivity contribution in [1.82, 2.24) is 0 Å². The topological polar surface area (TPSA) is 0 Å². The van der Waals surface area contributed by atoms with Crippen molar-refractivity contribution in [2.24, 2.45) is 0 Å². The van der Waals surface area contributed by atoms with Crippen LogP contribution >= 0.6 is 0 Å². The summed E-state index contributed by atoms with van der Waals surface area (Å²) in [4.78, 5) is 0. The second kappa shape index (κ2) is 9.66. The average molecular weight is 274 g/mol.